The lowest BCUT2D eigenvalue weighted by Crippen LogP contribution is -2.14. The molecule has 0 amide bonds. The zero-order valence-electron chi connectivity index (χ0n) is 26.0. The summed E-state index contributed by atoms with van der Waals surface area (Å²) in [7, 11) is 0. The maximum Gasteiger partial charge on any atom is 0.160 e. The highest BCUT2D eigenvalue weighted by atomic mass is 35.5. The lowest BCUT2D eigenvalue weighted by atomic mass is 9.82. The number of hydrogen-bond acceptors (Lipinski definition) is 3. The second-order valence-corrected chi connectivity index (χ2v) is 13.2. The molecule has 8 aromatic rings. The highest BCUT2D eigenvalue weighted by molar-refractivity contribution is 6.31. The molecule has 0 saturated heterocycles. The van der Waals surface area contributed by atoms with Gasteiger partial charge in [0.05, 0.1) is 11.4 Å². The molecule has 1 aliphatic carbocycles. The topological polar surface area (TPSA) is 38.9 Å². The van der Waals surface area contributed by atoms with Gasteiger partial charge in [-0.05, 0) is 81.9 Å². The van der Waals surface area contributed by atoms with E-state index in [1.54, 1.807) is 0 Å². The minimum atomic E-state index is -0.108. The minimum absolute atomic E-state index is 0.108. The summed E-state index contributed by atoms with van der Waals surface area (Å²) in [6.45, 7) is 4.61. The van der Waals surface area contributed by atoms with Crippen LogP contribution in [0.25, 0.3) is 78.1 Å². The van der Waals surface area contributed by atoms with E-state index < -0.39 is 0 Å². The molecule has 0 aliphatic heterocycles. The fraction of sp³-hybridized carbons (Fsp3) is 0.0698. The SMILES string of the molecule is CC1(C)c2ccccc2-c2ccc(-c3cc(-c4cc(Cl)cc(-c5ccc6oc7ccccc7c6c5)c4)nc(-c4ccccc4)n3)cc21. The van der Waals surface area contributed by atoms with Crippen molar-refractivity contribution in [1.82, 2.24) is 9.97 Å². The van der Waals surface area contributed by atoms with Crippen LogP contribution in [0.15, 0.2) is 144 Å². The third-order valence-electron chi connectivity index (χ3n) is 9.54. The lowest BCUT2D eigenvalue weighted by molar-refractivity contribution is 0.660. The zero-order valence-corrected chi connectivity index (χ0v) is 26.7. The standard InChI is InChI=1S/C43H29ClN2O/c1-43(2)36-14-8-6-12-32(36)33-18-16-28(24-37(33)43)38-25-39(46-42(45-38)26-10-4-3-5-11-26)30-20-29(21-31(44)22-30)27-17-19-41-35(23-27)34-13-7-9-15-40(34)47-41/h3-25H,1-2H3. The highest BCUT2D eigenvalue weighted by Crippen LogP contribution is 2.49. The molecule has 9 rings (SSSR count). The molecule has 3 nitrogen and oxygen atoms in total. The van der Waals surface area contributed by atoms with Crippen LogP contribution < -0.4 is 0 Å². The van der Waals surface area contributed by atoms with E-state index in [9.17, 15) is 0 Å². The van der Waals surface area contributed by atoms with Gasteiger partial charge in [-0.3, -0.25) is 0 Å². The van der Waals surface area contributed by atoms with E-state index in [4.69, 9.17) is 26.0 Å². The van der Waals surface area contributed by atoms with Crippen molar-refractivity contribution >= 4 is 33.5 Å². The van der Waals surface area contributed by atoms with Crippen LogP contribution in [0.3, 0.4) is 0 Å². The van der Waals surface area contributed by atoms with Crippen LogP contribution in [0, 0.1) is 0 Å². The van der Waals surface area contributed by atoms with Crippen molar-refractivity contribution in [3.8, 4) is 56.2 Å². The number of nitrogens with zero attached hydrogens (tertiary/aromatic N) is 2. The van der Waals surface area contributed by atoms with Gasteiger partial charge in [0, 0.05) is 37.9 Å². The van der Waals surface area contributed by atoms with Gasteiger partial charge in [-0.1, -0.05) is 116 Å². The molecule has 0 unspecified atom stereocenters. The van der Waals surface area contributed by atoms with E-state index in [1.165, 1.54) is 22.3 Å². The maximum atomic E-state index is 6.83. The fourth-order valence-electron chi connectivity index (χ4n) is 7.13. The number of fused-ring (bicyclic) bond motifs is 6. The molecule has 2 heterocycles. The summed E-state index contributed by atoms with van der Waals surface area (Å²) >= 11 is 6.83. The van der Waals surface area contributed by atoms with Gasteiger partial charge in [0.25, 0.3) is 0 Å². The van der Waals surface area contributed by atoms with Gasteiger partial charge in [0.1, 0.15) is 11.2 Å². The first kappa shape index (κ1) is 27.8. The van der Waals surface area contributed by atoms with Gasteiger partial charge in [0.15, 0.2) is 5.82 Å². The number of furan rings is 1. The molecule has 0 saturated carbocycles. The van der Waals surface area contributed by atoms with Crippen LogP contribution >= 0.6 is 11.6 Å². The van der Waals surface area contributed by atoms with Crippen molar-refractivity contribution in [2.45, 2.75) is 19.3 Å². The Morgan fingerprint density at radius 3 is 2.04 bits per heavy atom. The molecule has 0 radical (unpaired) electrons. The van der Waals surface area contributed by atoms with Gasteiger partial charge < -0.3 is 4.42 Å². The summed E-state index contributed by atoms with van der Waals surface area (Å²) in [5, 5.41) is 2.82. The first-order chi connectivity index (χ1) is 22.9. The van der Waals surface area contributed by atoms with E-state index in [0.29, 0.717) is 10.8 Å². The molecule has 0 atom stereocenters. The van der Waals surface area contributed by atoms with Crippen molar-refractivity contribution in [3.63, 3.8) is 0 Å². The van der Waals surface area contributed by atoms with Crippen molar-refractivity contribution in [2.24, 2.45) is 0 Å². The normalized spacial score (nSPS) is 13.2. The van der Waals surface area contributed by atoms with E-state index >= 15 is 0 Å². The van der Waals surface area contributed by atoms with Gasteiger partial charge >= 0.3 is 0 Å². The number of aromatic nitrogens is 2. The van der Waals surface area contributed by atoms with Crippen molar-refractivity contribution in [3.05, 3.63) is 156 Å². The molecule has 0 spiro atoms. The average molecular weight is 625 g/mol. The lowest BCUT2D eigenvalue weighted by Gasteiger charge is -2.22. The Kier molecular flexibility index (Phi) is 6.21. The van der Waals surface area contributed by atoms with Crippen LogP contribution in [0.5, 0.6) is 0 Å². The summed E-state index contributed by atoms with van der Waals surface area (Å²) in [5.74, 6) is 0.675. The van der Waals surface area contributed by atoms with Gasteiger partial charge in [-0.25, -0.2) is 9.97 Å². The monoisotopic (exact) mass is 624 g/mol. The number of hydrogen-bond donors (Lipinski definition) is 0. The van der Waals surface area contributed by atoms with Crippen LogP contribution in [0.1, 0.15) is 25.0 Å². The van der Waals surface area contributed by atoms with Crippen molar-refractivity contribution in [1.29, 1.82) is 0 Å². The molecule has 4 heteroatoms. The van der Waals surface area contributed by atoms with Crippen LogP contribution in [-0.4, -0.2) is 9.97 Å². The number of rotatable bonds is 4. The molecule has 224 valence electrons. The molecule has 0 N–H and O–H groups in total. The van der Waals surface area contributed by atoms with E-state index in [2.05, 4.69) is 98.8 Å². The van der Waals surface area contributed by atoms with Gasteiger partial charge in [0.2, 0.25) is 0 Å². The summed E-state index contributed by atoms with van der Waals surface area (Å²) in [5.41, 5.74) is 13.6. The Morgan fingerprint density at radius 2 is 1.17 bits per heavy atom. The predicted molar refractivity (Wildman–Crippen MR) is 194 cm³/mol. The van der Waals surface area contributed by atoms with Crippen molar-refractivity contribution in [2.75, 3.05) is 0 Å². The van der Waals surface area contributed by atoms with Gasteiger partial charge in [-0.15, -0.1) is 0 Å². The van der Waals surface area contributed by atoms with Gasteiger partial charge in [-0.2, -0.15) is 0 Å². The molecule has 0 fully saturated rings. The fourth-order valence-corrected chi connectivity index (χ4v) is 7.37. The molecule has 0 bridgehead atoms. The summed E-state index contributed by atoms with van der Waals surface area (Å²) in [6, 6.07) is 48.3. The summed E-state index contributed by atoms with van der Waals surface area (Å²) < 4.78 is 6.09. The summed E-state index contributed by atoms with van der Waals surface area (Å²) in [4.78, 5) is 10.2. The zero-order chi connectivity index (χ0) is 31.7. The molecular weight excluding hydrogens is 596 g/mol. The smallest absolute Gasteiger partial charge is 0.160 e. The second-order valence-electron chi connectivity index (χ2n) is 12.8. The van der Waals surface area contributed by atoms with E-state index in [1.807, 2.05) is 54.6 Å². The Morgan fingerprint density at radius 1 is 0.489 bits per heavy atom. The first-order valence-corrected chi connectivity index (χ1v) is 16.2. The van der Waals surface area contributed by atoms with Crippen LogP contribution in [0.2, 0.25) is 5.02 Å². The number of para-hydroxylation sites is 1. The van der Waals surface area contributed by atoms with Crippen LogP contribution in [0.4, 0.5) is 0 Å². The highest BCUT2D eigenvalue weighted by Gasteiger charge is 2.35. The van der Waals surface area contributed by atoms with E-state index in [0.717, 1.165) is 61.1 Å². The largest absolute Gasteiger partial charge is 0.456 e. The molecule has 6 aromatic carbocycles. The first-order valence-electron chi connectivity index (χ1n) is 15.8. The third-order valence-corrected chi connectivity index (χ3v) is 9.76. The van der Waals surface area contributed by atoms with E-state index in [-0.39, 0.29) is 5.41 Å². The Labute approximate surface area is 278 Å². The predicted octanol–water partition coefficient (Wildman–Crippen LogP) is 12.0. The minimum Gasteiger partial charge on any atom is -0.456 e. The Balaban J connectivity index is 1.20. The molecule has 47 heavy (non-hydrogen) atoms. The van der Waals surface area contributed by atoms with Crippen LogP contribution in [-0.2, 0) is 5.41 Å². The Bertz CT molecular complexity index is 2510. The van der Waals surface area contributed by atoms with Crippen molar-refractivity contribution < 1.29 is 4.42 Å². The number of benzene rings is 6. The maximum absolute atomic E-state index is 6.83. The average Bonchev–Trinajstić information content (AvgIpc) is 3.59. The second kappa shape index (κ2) is 10.5. The number of halogens is 1. The Hall–Kier alpha value is -5.51. The molecule has 1 aliphatic rings. The molecule has 2 aromatic heterocycles. The quantitative estimate of drug-likeness (QED) is 0.195. The third kappa shape index (κ3) is 4.58. The molecular formula is C43H29ClN2O. The summed E-state index contributed by atoms with van der Waals surface area (Å²) in [6.07, 6.45) is 0.